The van der Waals surface area contributed by atoms with Gasteiger partial charge in [-0.2, -0.15) is 0 Å². The number of nitrogens with zero attached hydrogens (tertiary/aromatic N) is 1. The van der Waals surface area contributed by atoms with Gasteiger partial charge in [0.15, 0.2) is 0 Å². The van der Waals surface area contributed by atoms with Crippen LogP contribution in [0.2, 0.25) is 5.02 Å². The third-order valence-corrected chi connectivity index (χ3v) is 3.54. The van der Waals surface area contributed by atoms with E-state index < -0.39 is 0 Å². The van der Waals surface area contributed by atoms with E-state index in [0.717, 1.165) is 5.75 Å². The molecule has 1 N–H and O–H groups in total. The van der Waals surface area contributed by atoms with Gasteiger partial charge in [0.1, 0.15) is 18.1 Å². The van der Waals surface area contributed by atoms with Crippen molar-refractivity contribution in [2.24, 2.45) is 0 Å². The Labute approximate surface area is 147 Å². The number of ether oxygens (including phenoxy) is 2. The summed E-state index contributed by atoms with van der Waals surface area (Å²) in [6.45, 7) is 1.37. The summed E-state index contributed by atoms with van der Waals surface area (Å²) in [6, 6.07) is 14.5. The maximum atomic E-state index is 12.0. The fourth-order valence-corrected chi connectivity index (χ4v) is 2.28. The molecule has 1 amide bonds. The van der Waals surface area contributed by atoms with Gasteiger partial charge in [-0.1, -0.05) is 23.7 Å². The molecule has 0 saturated heterocycles. The summed E-state index contributed by atoms with van der Waals surface area (Å²) in [5, 5.41) is 3.48. The Balaban J connectivity index is 1.73. The van der Waals surface area contributed by atoms with Crippen LogP contribution in [0.25, 0.3) is 0 Å². The first-order valence-electron chi connectivity index (χ1n) is 7.57. The molecule has 2 aromatic rings. The predicted molar refractivity (Wildman–Crippen MR) is 96.1 cm³/mol. The summed E-state index contributed by atoms with van der Waals surface area (Å²) in [7, 11) is 3.46. The number of hydrogen-bond acceptors (Lipinski definition) is 4. The van der Waals surface area contributed by atoms with Gasteiger partial charge in [0.25, 0.3) is 0 Å². The van der Waals surface area contributed by atoms with E-state index in [4.69, 9.17) is 21.1 Å². The summed E-state index contributed by atoms with van der Waals surface area (Å²) >= 11 is 5.90. The molecule has 0 aliphatic rings. The Morgan fingerprint density at radius 1 is 1.17 bits per heavy atom. The molecule has 0 radical (unpaired) electrons. The van der Waals surface area contributed by atoms with Crippen LogP contribution in [0.3, 0.4) is 0 Å². The summed E-state index contributed by atoms with van der Waals surface area (Å²) in [5.41, 5.74) is 0.711. The van der Waals surface area contributed by atoms with E-state index in [1.54, 1.807) is 25.3 Å². The number of carbonyl (C=O) groups excluding carboxylic acids is 1. The molecule has 0 spiro atoms. The van der Waals surface area contributed by atoms with E-state index >= 15 is 0 Å². The summed E-state index contributed by atoms with van der Waals surface area (Å²) in [6.07, 6.45) is 0. The third kappa shape index (κ3) is 6.10. The molecule has 0 heterocycles. The lowest BCUT2D eigenvalue weighted by atomic mass is 10.3. The lowest BCUT2D eigenvalue weighted by molar-refractivity contribution is -0.117. The monoisotopic (exact) mass is 348 g/mol. The average molecular weight is 349 g/mol. The quantitative estimate of drug-likeness (QED) is 0.795. The first-order chi connectivity index (χ1) is 11.6. The molecule has 24 heavy (non-hydrogen) atoms. The maximum absolute atomic E-state index is 12.0. The van der Waals surface area contributed by atoms with Crippen molar-refractivity contribution in [3.05, 3.63) is 53.6 Å². The van der Waals surface area contributed by atoms with Gasteiger partial charge in [0.2, 0.25) is 5.91 Å². The second-order valence-electron chi connectivity index (χ2n) is 5.32. The van der Waals surface area contributed by atoms with Crippen molar-refractivity contribution < 1.29 is 14.3 Å². The Kier molecular flexibility index (Phi) is 6.90. The van der Waals surface area contributed by atoms with Gasteiger partial charge in [-0.3, -0.25) is 9.69 Å². The minimum Gasteiger partial charge on any atom is -0.497 e. The molecule has 6 heteroatoms. The van der Waals surface area contributed by atoms with E-state index in [-0.39, 0.29) is 12.5 Å². The van der Waals surface area contributed by atoms with Crippen LogP contribution in [0, 0.1) is 0 Å². The van der Waals surface area contributed by atoms with Crippen molar-refractivity contribution >= 4 is 23.2 Å². The third-order valence-electron chi connectivity index (χ3n) is 3.30. The lowest BCUT2D eigenvalue weighted by Crippen LogP contribution is -2.33. The van der Waals surface area contributed by atoms with Crippen molar-refractivity contribution in [1.82, 2.24) is 4.90 Å². The highest BCUT2D eigenvalue weighted by Gasteiger charge is 2.08. The number of nitrogens with one attached hydrogen (secondary N) is 1. The lowest BCUT2D eigenvalue weighted by Gasteiger charge is -2.17. The minimum atomic E-state index is -0.0893. The molecule has 128 valence electrons. The zero-order valence-corrected chi connectivity index (χ0v) is 14.5. The van der Waals surface area contributed by atoms with Crippen LogP contribution in [-0.2, 0) is 4.79 Å². The van der Waals surface area contributed by atoms with Gasteiger partial charge in [0, 0.05) is 23.3 Å². The molecule has 0 bridgehead atoms. The molecule has 0 aliphatic heterocycles. The van der Waals surface area contributed by atoms with Gasteiger partial charge in [-0.25, -0.2) is 0 Å². The summed E-state index contributed by atoms with van der Waals surface area (Å²) < 4.78 is 10.7. The molecule has 0 aliphatic carbocycles. The van der Waals surface area contributed by atoms with Crippen molar-refractivity contribution in [3.63, 3.8) is 0 Å². The van der Waals surface area contributed by atoms with E-state index in [1.807, 2.05) is 42.3 Å². The van der Waals surface area contributed by atoms with E-state index in [0.29, 0.717) is 29.6 Å². The highest BCUT2D eigenvalue weighted by atomic mass is 35.5. The van der Waals surface area contributed by atoms with Crippen molar-refractivity contribution in [2.75, 3.05) is 39.2 Å². The number of hydrogen-bond donors (Lipinski definition) is 1. The van der Waals surface area contributed by atoms with Gasteiger partial charge in [0.05, 0.1) is 13.7 Å². The van der Waals surface area contributed by atoms with E-state index in [1.165, 1.54) is 0 Å². The van der Waals surface area contributed by atoms with Crippen LogP contribution in [-0.4, -0.2) is 44.7 Å². The fourth-order valence-electron chi connectivity index (χ4n) is 2.10. The van der Waals surface area contributed by atoms with E-state index in [2.05, 4.69) is 5.32 Å². The second-order valence-corrected chi connectivity index (χ2v) is 5.76. The Bertz CT molecular complexity index is 679. The van der Waals surface area contributed by atoms with Gasteiger partial charge in [-0.15, -0.1) is 0 Å². The summed E-state index contributed by atoms with van der Waals surface area (Å²) in [5.74, 6) is 1.33. The molecular formula is C18H21ClN2O3. The van der Waals surface area contributed by atoms with Crippen LogP contribution in [0.15, 0.2) is 48.5 Å². The standard InChI is InChI=1S/C18H21ClN2O3/c1-21(9-10-24-17-8-3-5-14(19)11-17)13-18(22)20-15-6-4-7-16(12-15)23-2/h3-8,11-12H,9-10,13H2,1-2H3,(H,20,22). The second kappa shape index (κ2) is 9.15. The minimum absolute atomic E-state index is 0.0893. The first kappa shape index (κ1) is 18.1. The molecule has 2 rings (SSSR count). The van der Waals surface area contributed by atoms with Crippen molar-refractivity contribution in [1.29, 1.82) is 0 Å². The molecule has 0 unspecified atom stereocenters. The highest BCUT2D eigenvalue weighted by Crippen LogP contribution is 2.17. The van der Waals surface area contributed by atoms with Gasteiger partial charge in [-0.05, 0) is 37.4 Å². The molecule has 0 aromatic heterocycles. The largest absolute Gasteiger partial charge is 0.497 e. The number of amides is 1. The normalized spacial score (nSPS) is 10.5. The summed E-state index contributed by atoms with van der Waals surface area (Å²) in [4.78, 5) is 13.9. The number of rotatable bonds is 8. The highest BCUT2D eigenvalue weighted by molar-refractivity contribution is 6.30. The van der Waals surface area contributed by atoms with Gasteiger partial charge < -0.3 is 14.8 Å². The maximum Gasteiger partial charge on any atom is 0.238 e. The molecule has 2 aromatic carbocycles. The van der Waals surface area contributed by atoms with Crippen LogP contribution < -0.4 is 14.8 Å². The topological polar surface area (TPSA) is 50.8 Å². The molecule has 0 fully saturated rings. The van der Waals surface area contributed by atoms with Crippen LogP contribution >= 0.6 is 11.6 Å². The Morgan fingerprint density at radius 3 is 2.67 bits per heavy atom. The van der Waals surface area contributed by atoms with Crippen LogP contribution in [0.4, 0.5) is 5.69 Å². The zero-order chi connectivity index (χ0) is 17.4. The van der Waals surface area contributed by atoms with Crippen molar-refractivity contribution in [3.8, 4) is 11.5 Å². The number of likely N-dealkylation sites (N-methyl/N-ethyl adjacent to an activating group) is 1. The molecule has 0 atom stereocenters. The Hall–Kier alpha value is -2.24. The van der Waals surface area contributed by atoms with Crippen LogP contribution in [0.1, 0.15) is 0 Å². The molecule has 0 saturated carbocycles. The van der Waals surface area contributed by atoms with Crippen molar-refractivity contribution in [2.45, 2.75) is 0 Å². The van der Waals surface area contributed by atoms with E-state index in [9.17, 15) is 4.79 Å². The Morgan fingerprint density at radius 2 is 1.92 bits per heavy atom. The predicted octanol–water partition coefficient (Wildman–Crippen LogP) is 3.30. The molecule has 5 nitrogen and oxygen atoms in total. The number of carbonyl (C=O) groups is 1. The molecular weight excluding hydrogens is 328 g/mol. The number of benzene rings is 2. The van der Waals surface area contributed by atoms with Crippen LogP contribution in [0.5, 0.6) is 11.5 Å². The smallest absolute Gasteiger partial charge is 0.238 e. The number of halogens is 1. The SMILES string of the molecule is COc1cccc(NC(=O)CN(C)CCOc2cccc(Cl)c2)c1. The zero-order valence-electron chi connectivity index (χ0n) is 13.8. The number of methoxy groups -OCH3 is 1. The average Bonchev–Trinajstić information content (AvgIpc) is 2.55. The van der Waals surface area contributed by atoms with Gasteiger partial charge >= 0.3 is 0 Å². The fraction of sp³-hybridized carbons (Fsp3) is 0.278. The first-order valence-corrected chi connectivity index (χ1v) is 7.95. The number of anilines is 1.